The molecule has 1 aliphatic heterocycles. The Hall–Kier alpha value is -2.15. The molecule has 3 N–H and O–H groups in total. The monoisotopic (exact) mass is 296 g/mol. The third-order valence-corrected chi connectivity index (χ3v) is 3.17. The summed E-state index contributed by atoms with van der Waals surface area (Å²) in [6.45, 7) is 0. The number of aromatic nitrogens is 1. The number of hydrogen-bond acceptors (Lipinski definition) is 5. The average Bonchev–Trinajstić information content (AvgIpc) is 2.42. The minimum Gasteiger partial charge on any atom is -0.373 e. The zero-order valence-electron chi connectivity index (χ0n) is 10.7. The van der Waals surface area contributed by atoms with Crippen molar-refractivity contribution >= 4 is 35.1 Å². The minimum atomic E-state index is -0.753. The van der Waals surface area contributed by atoms with Crippen LogP contribution in [0.4, 0.5) is 5.82 Å². The number of rotatable bonds is 3. The van der Waals surface area contributed by atoms with Crippen LogP contribution in [0.5, 0.6) is 0 Å². The van der Waals surface area contributed by atoms with Crippen LogP contribution in [0.25, 0.3) is 0 Å². The van der Waals surface area contributed by atoms with E-state index in [1.807, 2.05) is 0 Å². The van der Waals surface area contributed by atoms with Gasteiger partial charge in [-0.2, -0.15) is 0 Å². The van der Waals surface area contributed by atoms with Crippen LogP contribution in [0.15, 0.2) is 12.1 Å². The molecule has 20 heavy (non-hydrogen) atoms. The van der Waals surface area contributed by atoms with Gasteiger partial charge < -0.3 is 10.6 Å². The van der Waals surface area contributed by atoms with E-state index in [2.05, 4.69) is 20.9 Å². The lowest BCUT2D eigenvalue weighted by Gasteiger charge is -2.21. The van der Waals surface area contributed by atoms with Gasteiger partial charge in [0.15, 0.2) is 0 Å². The Morgan fingerprint density at radius 2 is 2.20 bits per heavy atom. The SMILES string of the molecule is CNc1ccc(Cl)c(C(=O)NC2CCC(=O)NC2=O)n1. The zero-order valence-corrected chi connectivity index (χ0v) is 11.5. The van der Waals surface area contributed by atoms with Gasteiger partial charge in [0.2, 0.25) is 11.8 Å². The van der Waals surface area contributed by atoms with Crippen molar-refractivity contribution in [2.24, 2.45) is 0 Å². The van der Waals surface area contributed by atoms with Crippen molar-refractivity contribution < 1.29 is 14.4 Å². The molecular formula is C12H13ClN4O3. The molecule has 1 aromatic heterocycles. The highest BCUT2D eigenvalue weighted by Crippen LogP contribution is 2.17. The molecule has 0 aromatic carbocycles. The molecule has 2 heterocycles. The van der Waals surface area contributed by atoms with Crippen LogP contribution >= 0.6 is 11.6 Å². The first-order valence-electron chi connectivity index (χ1n) is 6.00. The van der Waals surface area contributed by atoms with Crippen molar-refractivity contribution in [2.45, 2.75) is 18.9 Å². The summed E-state index contributed by atoms with van der Waals surface area (Å²) in [7, 11) is 1.66. The van der Waals surface area contributed by atoms with E-state index in [1.165, 1.54) is 0 Å². The van der Waals surface area contributed by atoms with Gasteiger partial charge in [-0.05, 0) is 18.6 Å². The van der Waals surface area contributed by atoms with E-state index < -0.39 is 17.9 Å². The molecule has 0 aliphatic carbocycles. The van der Waals surface area contributed by atoms with Gasteiger partial charge in [-0.3, -0.25) is 19.7 Å². The summed E-state index contributed by atoms with van der Waals surface area (Å²) in [4.78, 5) is 38.7. The fourth-order valence-corrected chi connectivity index (χ4v) is 1.99. The molecule has 3 amide bonds. The Balaban J connectivity index is 2.12. The van der Waals surface area contributed by atoms with Gasteiger partial charge in [0.1, 0.15) is 17.6 Å². The van der Waals surface area contributed by atoms with Crippen molar-refractivity contribution in [3.63, 3.8) is 0 Å². The molecule has 2 rings (SSSR count). The van der Waals surface area contributed by atoms with Crippen LogP contribution < -0.4 is 16.0 Å². The summed E-state index contributed by atoms with van der Waals surface area (Å²) in [5.41, 5.74) is 0.0308. The van der Waals surface area contributed by atoms with E-state index in [1.54, 1.807) is 19.2 Å². The van der Waals surface area contributed by atoms with E-state index in [4.69, 9.17) is 11.6 Å². The number of amides is 3. The van der Waals surface area contributed by atoms with Gasteiger partial charge in [0.25, 0.3) is 5.91 Å². The summed E-state index contributed by atoms with van der Waals surface area (Å²) in [5.74, 6) is -0.922. The Morgan fingerprint density at radius 1 is 1.45 bits per heavy atom. The molecule has 7 nitrogen and oxygen atoms in total. The maximum Gasteiger partial charge on any atom is 0.272 e. The van der Waals surface area contributed by atoms with Crippen LogP contribution in [0.3, 0.4) is 0 Å². The third kappa shape index (κ3) is 3.05. The second-order valence-electron chi connectivity index (χ2n) is 4.25. The molecule has 1 atom stereocenters. The predicted molar refractivity (Wildman–Crippen MR) is 72.4 cm³/mol. The smallest absolute Gasteiger partial charge is 0.272 e. The number of carbonyl (C=O) groups excluding carboxylic acids is 3. The van der Waals surface area contributed by atoms with Crippen LogP contribution in [0.1, 0.15) is 23.3 Å². The van der Waals surface area contributed by atoms with E-state index in [9.17, 15) is 14.4 Å². The Bertz CT molecular complexity index is 576. The van der Waals surface area contributed by atoms with Gasteiger partial charge in [-0.15, -0.1) is 0 Å². The highest BCUT2D eigenvalue weighted by molar-refractivity contribution is 6.33. The molecule has 0 bridgehead atoms. The number of nitrogens with zero attached hydrogens (tertiary/aromatic N) is 1. The fourth-order valence-electron chi connectivity index (χ4n) is 1.80. The number of nitrogens with one attached hydrogen (secondary N) is 3. The molecule has 1 saturated heterocycles. The highest BCUT2D eigenvalue weighted by atomic mass is 35.5. The van der Waals surface area contributed by atoms with Gasteiger partial charge in [0, 0.05) is 13.5 Å². The Morgan fingerprint density at radius 3 is 2.85 bits per heavy atom. The molecular weight excluding hydrogens is 284 g/mol. The van der Waals surface area contributed by atoms with Crippen LogP contribution in [0, 0.1) is 0 Å². The number of piperidine rings is 1. The van der Waals surface area contributed by atoms with Gasteiger partial charge in [0.05, 0.1) is 5.02 Å². The normalized spacial score (nSPS) is 18.4. The topological polar surface area (TPSA) is 100 Å². The quantitative estimate of drug-likeness (QED) is 0.697. The molecule has 1 fully saturated rings. The first kappa shape index (κ1) is 14.3. The summed E-state index contributed by atoms with van der Waals surface area (Å²) < 4.78 is 0. The third-order valence-electron chi connectivity index (χ3n) is 2.86. The van der Waals surface area contributed by atoms with Crippen molar-refractivity contribution in [3.8, 4) is 0 Å². The Kier molecular flexibility index (Phi) is 4.19. The van der Waals surface area contributed by atoms with Gasteiger partial charge in [-0.25, -0.2) is 4.98 Å². The molecule has 106 valence electrons. The molecule has 0 radical (unpaired) electrons. The van der Waals surface area contributed by atoms with E-state index in [-0.39, 0.29) is 29.5 Å². The van der Waals surface area contributed by atoms with Crippen LogP contribution in [-0.2, 0) is 9.59 Å². The largest absolute Gasteiger partial charge is 0.373 e. The maximum absolute atomic E-state index is 12.1. The van der Waals surface area contributed by atoms with Crippen LogP contribution in [0.2, 0.25) is 5.02 Å². The Labute approximate surface area is 120 Å². The number of carbonyl (C=O) groups is 3. The fraction of sp³-hybridized carbons (Fsp3) is 0.333. The van der Waals surface area contributed by atoms with Crippen molar-refractivity contribution in [1.29, 1.82) is 0 Å². The summed E-state index contributed by atoms with van der Waals surface area (Å²) in [6, 6.07) is 2.42. The van der Waals surface area contributed by atoms with E-state index in [0.717, 1.165) is 0 Å². The van der Waals surface area contributed by atoms with E-state index >= 15 is 0 Å². The van der Waals surface area contributed by atoms with E-state index in [0.29, 0.717) is 5.82 Å². The second kappa shape index (κ2) is 5.87. The number of imide groups is 1. The second-order valence-corrected chi connectivity index (χ2v) is 4.66. The zero-order chi connectivity index (χ0) is 14.7. The first-order valence-corrected chi connectivity index (χ1v) is 6.38. The predicted octanol–water partition coefficient (Wildman–Crippen LogP) is 0.312. The van der Waals surface area contributed by atoms with Crippen molar-refractivity contribution in [3.05, 3.63) is 22.8 Å². The number of hydrogen-bond donors (Lipinski definition) is 3. The first-order chi connectivity index (χ1) is 9.51. The number of anilines is 1. The maximum atomic E-state index is 12.1. The average molecular weight is 297 g/mol. The molecule has 8 heteroatoms. The molecule has 1 aliphatic rings. The highest BCUT2D eigenvalue weighted by Gasteiger charge is 2.29. The van der Waals surface area contributed by atoms with Gasteiger partial charge >= 0.3 is 0 Å². The minimum absolute atomic E-state index is 0.0308. The summed E-state index contributed by atoms with van der Waals surface area (Å²) >= 11 is 5.92. The van der Waals surface area contributed by atoms with Crippen molar-refractivity contribution in [2.75, 3.05) is 12.4 Å². The summed E-state index contributed by atoms with van der Waals surface area (Å²) in [6.07, 6.45) is 0.453. The standard InChI is InChI=1S/C12H13ClN4O3/c1-14-8-4-2-6(13)10(16-8)12(20)15-7-3-5-9(18)17-11(7)19/h2,4,7H,3,5H2,1H3,(H,14,16)(H,15,20)(H,17,18,19). The van der Waals surface area contributed by atoms with Crippen molar-refractivity contribution in [1.82, 2.24) is 15.6 Å². The molecule has 1 aromatic rings. The summed E-state index contributed by atoms with van der Waals surface area (Å²) in [5, 5.41) is 7.67. The molecule has 0 saturated carbocycles. The lowest BCUT2D eigenvalue weighted by molar-refractivity contribution is -0.134. The lowest BCUT2D eigenvalue weighted by atomic mass is 10.1. The van der Waals surface area contributed by atoms with Gasteiger partial charge in [-0.1, -0.05) is 11.6 Å². The van der Waals surface area contributed by atoms with Crippen LogP contribution in [-0.4, -0.2) is 35.8 Å². The lowest BCUT2D eigenvalue weighted by Crippen LogP contribution is -2.52. The number of halogens is 1. The molecule has 1 unspecified atom stereocenters. The molecule has 0 spiro atoms. The number of pyridine rings is 1.